The lowest BCUT2D eigenvalue weighted by Gasteiger charge is -2.24. The van der Waals surface area contributed by atoms with Gasteiger partial charge in [0.2, 0.25) is 0 Å². The molecule has 0 atom stereocenters. The molecule has 118 valence electrons. The van der Waals surface area contributed by atoms with Crippen LogP contribution in [0.15, 0.2) is 47.4 Å². The van der Waals surface area contributed by atoms with Crippen molar-refractivity contribution in [1.29, 1.82) is 0 Å². The molecule has 7 heteroatoms. The van der Waals surface area contributed by atoms with Gasteiger partial charge >= 0.3 is 0 Å². The minimum Gasteiger partial charge on any atom is -0.394 e. The molecule has 2 aromatic carbocycles. The zero-order valence-electron chi connectivity index (χ0n) is 11.8. The molecule has 0 heterocycles. The average molecular weight is 327 g/mol. The lowest BCUT2D eigenvalue weighted by Crippen LogP contribution is -2.33. The van der Waals surface area contributed by atoms with E-state index in [2.05, 4.69) is 0 Å². The van der Waals surface area contributed by atoms with Gasteiger partial charge in [-0.05, 0) is 48.9 Å². The number of aryl methyl sites for hydroxylation is 1. The minimum atomic E-state index is -4.11. The van der Waals surface area contributed by atoms with E-state index >= 15 is 0 Å². The molecule has 0 aliphatic heterocycles. The summed E-state index contributed by atoms with van der Waals surface area (Å²) in [6, 6.07) is 8.41. The van der Waals surface area contributed by atoms with Gasteiger partial charge in [0, 0.05) is 0 Å². The van der Waals surface area contributed by atoms with Crippen LogP contribution in [-0.4, -0.2) is 26.7 Å². The third-order valence-corrected chi connectivity index (χ3v) is 4.81. The summed E-state index contributed by atoms with van der Waals surface area (Å²) in [6.45, 7) is 0.853. The van der Waals surface area contributed by atoms with E-state index < -0.39 is 28.3 Å². The summed E-state index contributed by atoms with van der Waals surface area (Å²) in [7, 11) is -4.11. The van der Waals surface area contributed by atoms with Gasteiger partial charge in [-0.1, -0.05) is 6.07 Å². The number of hydrogen-bond donors (Lipinski definition) is 1. The Balaban J connectivity index is 2.55. The van der Waals surface area contributed by atoms with Gasteiger partial charge in [0.05, 0.1) is 23.7 Å². The molecule has 0 radical (unpaired) electrons. The van der Waals surface area contributed by atoms with E-state index in [0.717, 1.165) is 16.4 Å². The van der Waals surface area contributed by atoms with Gasteiger partial charge in [0.15, 0.2) is 0 Å². The molecule has 1 N–H and O–H groups in total. The Bertz CT molecular complexity index is 758. The molecule has 0 saturated carbocycles. The number of rotatable bonds is 5. The lowest BCUT2D eigenvalue weighted by atomic mass is 10.2. The molecular weight excluding hydrogens is 312 g/mol. The Hall–Kier alpha value is -1.99. The van der Waals surface area contributed by atoms with Crippen LogP contribution in [0.25, 0.3) is 0 Å². The van der Waals surface area contributed by atoms with Crippen LogP contribution >= 0.6 is 0 Å². The molecule has 0 unspecified atom stereocenters. The van der Waals surface area contributed by atoms with Crippen molar-refractivity contribution in [2.24, 2.45) is 0 Å². The van der Waals surface area contributed by atoms with Gasteiger partial charge in [0.25, 0.3) is 10.0 Å². The second-order valence-electron chi connectivity index (χ2n) is 4.74. The second kappa shape index (κ2) is 6.41. The molecule has 2 rings (SSSR count). The molecule has 22 heavy (non-hydrogen) atoms. The van der Waals surface area contributed by atoms with Crippen LogP contribution in [0.4, 0.5) is 14.5 Å². The molecular formula is C15H15F2NO3S. The first-order valence-electron chi connectivity index (χ1n) is 6.51. The Kier molecular flexibility index (Phi) is 4.77. The Morgan fingerprint density at radius 2 is 1.82 bits per heavy atom. The summed E-state index contributed by atoms with van der Waals surface area (Å²) < 4.78 is 53.0. The van der Waals surface area contributed by atoms with E-state index in [4.69, 9.17) is 5.11 Å². The molecule has 0 aliphatic carbocycles. The van der Waals surface area contributed by atoms with E-state index in [9.17, 15) is 17.2 Å². The second-order valence-corrected chi connectivity index (χ2v) is 6.61. The predicted octanol–water partition coefficient (Wildman–Crippen LogP) is 2.46. The summed E-state index contributed by atoms with van der Waals surface area (Å²) in [5.74, 6) is -1.28. The van der Waals surface area contributed by atoms with E-state index in [1.54, 1.807) is 6.92 Å². The summed E-state index contributed by atoms with van der Waals surface area (Å²) in [5.41, 5.74) is 0.512. The highest BCUT2D eigenvalue weighted by molar-refractivity contribution is 7.92. The fourth-order valence-corrected chi connectivity index (χ4v) is 3.65. The van der Waals surface area contributed by atoms with Crippen molar-refractivity contribution in [1.82, 2.24) is 0 Å². The van der Waals surface area contributed by atoms with Crippen LogP contribution in [0.3, 0.4) is 0 Å². The van der Waals surface area contributed by atoms with Gasteiger partial charge in [-0.2, -0.15) is 0 Å². The normalized spacial score (nSPS) is 11.5. The maximum atomic E-state index is 13.5. The van der Waals surface area contributed by atoms with Crippen molar-refractivity contribution in [3.8, 4) is 0 Å². The van der Waals surface area contributed by atoms with Crippen molar-refractivity contribution < 1.29 is 22.3 Å². The van der Waals surface area contributed by atoms with Gasteiger partial charge < -0.3 is 5.11 Å². The molecule has 0 aliphatic rings. The largest absolute Gasteiger partial charge is 0.394 e. The molecule has 2 aromatic rings. The number of anilines is 1. The summed E-state index contributed by atoms with van der Waals surface area (Å²) in [5, 5.41) is 9.11. The SMILES string of the molecule is Cc1cc(F)cc(S(=O)(=O)N(CCO)c2cccc(F)c2)c1. The van der Waals surface area contributed by atoms with Crippen LogP contribution < -0.4 is 4.31 Å². The topological polar surface area (TPSA) is 57.6 Å². The fourth-order valence-electron chi connectivity index (χ4n) is 2.09. The van der Waals surface area contributed by atoms with Crippen LogP contribution in [-0.2, 0) is 10.0 Å². The lowest BCUT2D eigenvalue weighted by molar-refractivity contribution is 0.306. The van der Waals surface area contributed by atoms with Crippen molar-refractivity contribution in [2.75, 3.05) is 17.5 Å². The number of aliphatic hydroxyl groups excluding tert-OH is 1. The summed E-state index contributed by atoms with van der Waals surface area (Å²) >= 11 is 0. The quantitative estimate of drug-likeness (QED) is 0.918. The molecule has 0 fully saturated rings. The summed E-state index contributed by atoms with van der Waals surface area (Å²) in [4.78, 5) is -0.247. The molecule has 0 saturated heterocycles. The highest BCUT2D eigenvalue weighted by atomic mass is 32.2. The Morgan fingerprint density at radius 3 is 2.41 bits per heavy atom. The van der Waals surface area contributed by atoms with Gasteiger partial charge in [-0.25, -0.2) is 17.2 Å². The first kappa shape index (κ1) is 16.4. The van der Waals surface area contributed by atoms with Crippen LogP contribution in [0.2, 0.25) is 0 Å². The third-order valence-electron chi connectivity index (χ3n) is 3.00. The van der Waals surface area contributed by atoms with Crippen molar-refractivity contribution in [2.45, 2.75) is 11.8 Å². The zero-order valence-corrected chi connectivity index (χ0v) is 12.6. The van der Waals surface area contributed by atoms with E-state index in [0.29, 0.717) is 5.56 Å². The Labute approximate surface area is 127 Å². The number of hydrogen-bond acceptors (Lipinski definition) is 3. The highest BCUT2D eigenvalue weighted by Gasteiger charge is 2.25. The fraction of sp³-hybridized carbons (Fsp3) is 0.200. The number of nitrogens with zero attached hydrogens (tertiary/aromatic N) is 1. The average Bonchev–Trinajstić information content (AvgIpc) is 2.43. The maximum Gasteiger partial charge on any atom is 0.264 e. The van der Waals surface area contributed by atoms with Crippen LogP contribution in [0.5, 0.6) is 0 Å². The number of benzene rings is 2. The molecule has 0 bridgehead atoms. The standard InChI is InChI=1S/C15H15F2NO3S/c1-11-7-13(17)10-15(8-11)22(20,21)18(5-6-19)14-4-2-3-12(16)9-14/h2-4,7-10,19H,5-6H2,1H3. The monoisotopic (exact) mass is 327 g/mol. The van der Waals surface area contributed by atoms with Gasteiger partial charge in [-0.15, -0.1) is 0 Å². The van der Waals surface area contributed by atoms with Crippen molar-refractivity contribution in [3.63, 3.8) is 0 Å². The van der Waals surface area contributed by atoms with E-state index in [1.807, 2.05) is 0 Å². The van der Waals surface area contributed by atoms with Crippen molar-refractivity contribution >= 4 is 15.7 Å². The first-order valence-corrected chi connectivity index (χ1v) is 7.95. The molecule has 0 aromatic heterocycles. The van der Waals surface area contributed by atoms with E-state index in [1.165, 1.54) is 30.3 Å². The minimum absolute atomic E-state index is 0.0657. The third kappa shape index (κ3) is 3.42. The van der Waals surface area contributed by atoms with Gasteiger partial charge in [-0.3, -0.25) is 4.31 Å². The zero-order chi connectivity index (χ0) is 16.3. The number of halogens is 2. The maximum absolute atomic E-state index is 13.5. The number of sulfonamides is 1. The van der Waals surface area contributed by atoms with Crippen LogP contribution in [0.1, 0.15) is 5.56 Å². The van der Waals surface area contributed by atoms with Crippen molar-refractivity contribution in [3.05, 3.63) is 59.7 Å². The Morgan fingerprint density at radius 1 is 1.09 bits per heavy atom. The first-order chi connectivity index (χ1) is 10.3. The van der Waals surface area contributed by atoms with E-state index in [-0.39, 0.29) is 17.1 Å². The molecule has 4 nitrogen and oxygen atoms in total. The smallest absolute Gasteiger partial charge is 0.264 e. The highest BCUT2D eigenvalue weighted by Crippen LogP contribution is 2.25. The number of aliphatic hydroxyl groups is 1. The molecule has 0 spiro atoms. The summed E-state index contributed by atoms with van der Waals surface area (Å²) in [6.07, 6.45) is 0. The van der Waals surface area contributed by atoms with Gasteiger partial charge in [0.1, 0.15) is 11.6 Å². The predicted molar refractivity (Wildman–Crippen MR) is 79.2 cm³/mol. The van der Waals surface area contributed by atoms with Crippen LogP contribution in [0, 0.1) is 18.6 Å². The molecule has 0 amide bonds.